The summed E-state index contributed by atoms with van der Waals surface area (Å²) in [7, 11) is 1.68. The van der Waals surface area contributed by atoms with Crippen molar-refractivity contribution in [1.29, 1.82) is 5.26 Å². The summed E-state index contributed by atoms with van der Waals surface area (Å²) in [6.45, 7) is 5.90. The molecule has 2 aromatic rings. The normalized spacial score (nSPS) is 21.0. The van der Waals surface area contributed by atoms with Crippen molar-refractivity contribution in [3.63, 3.8) is 0 Å². The summed E-state index contributed by atoms with van der Waals surface area (Å²) < 4.78 is 1.48. The Balaban J connectivity index is 2.21. The molecule has 0 aromatic carbocycles. The molecule has 1 unspecified atom stereocenters. The molecule has 1 aliphatic rings. The average Bonchev–Trinajstić information content (AvgIpc) is 2.63. The fraction of sp³-hybridized carbons (Fsp3) is 0.529. The standard InChI is InChI=1S/C17H22N6O/c1-4-11-10-23(13(5-2)9-19-11)16-15-14(22(3)17(24)21-16)7-6-12(8-18)20-15/h6-7,11,13,19H,4-5,9-10H2,1-3H3/t11?,13-/m0/s1. The third-order valence-electron chi connectivity index (χ3n) is 4.79. The molecule has 2 aromatic heterocycles. The number of hydrogen-bond donors (Lipinski definition) is 1. The first-order chi connectivity index (χ1) is 11.6. The van der Waals surface area contributed by atoms with E-state index in [1.54, 1.807) is 19.2 Å². The van der Waals surface area contributed by atoms with Gasteiger partial charge in [0.15, 0.2) is 5.82 Å². The van der Waals surface area contributed by atoms with Crippen molar-refractivity contribution in [3.05, 3.63) is 28.3 Å². The minimum absolute atomic E-state index is 0.253. The van der Waals surface area contributed by atoms with E-state index >= 15 is 0 Å². The number of aryl methyl sites for hydroxylation is 1. The van der Waals surface area contributed by atoms with Gasteiger partial charge in [-0.2, -0.15) is 10.2 Å². The van der Waals surface area contributed by atoms with Gasteiger partial charge < -0.3 is 10.2 Å². The van der Waals surface area contributed by atoms with E-state index in [1.807, 2.05) is 0 Å². The highest BCUT2D eigenvalue weighted by Gasteiger charge is 2.29. The van der Waals surface area contributed by atoms with E-state index in [0.29, 0.717) is 28.6 Å². The van der Waals surface area contributed by atoms with Gasteiger partial charge in [0.05, 0.1) is 5.52 Å². The minimum Gasteiger partial charge on any atom is -0.349 e. The molecule has 1 saturated heterocycles. The van der Waals surface area contributed by atoms with Crippen LogP contribution < -0.4 is 15.9 Å². The van der Waals surface area contributed by atoms with Gasteiger partial charge in [-0.1, -0.05) is 13.8 Å². The van der Waals surface area contributed by atoms with Gasteiger partial charge >= 0.3 is 5.69 Å². The predicted molar refractivity (Wildman–Crippen MR) is 93.0 cm³/mol. The fourth-order valence-corrected chi connectivity index (χ4v) is 3.23. The first-order valence-corrected chi connectivity index (χ1v) is 8.36. The minimum atomic E-state index is -0.301. The molecule has 0 radical (unpaired) electrons. The number of nitriles is 1. The van der Waals surface area contributed by atoms with Crippen LogP contribution in [0.15, 0.2) is 16.9 Å². The molecule has 7 nitrogen and oxygen atoms in total. The Morgan fingerprint density at radius 2 is 2.12 bits per heavy atom. The second-order valence-electron chi connectivity index (χ2n) is 6.18. The molecule has 0 amide bonds. The van der Waals surface area contributed by atoms with E-state index in [2.05, 4.69) is 40.1 Å². The second-order valence-corrected chi connectivity index (χ2v) is 6.18. The van der Waals surface area contributed by atoms with Gasteiger partial charge in [-0.05, 0) is 25.0 Å². The van der Waals surface area contributed by atoms with Gasteiger partial charge in [0.1, 0.15) is 17.3 Å². The third-order valence-corrected chi connectivity index (χ3v) is 4.79. The van der Waals surface area contributed by atoms with Crippen LogP contribution in [0.3, 0.4) is 0 Å². The Hall–Kier alpha value is -2.46. The molecule has 2 atom stereocenters. The zero-order valence-electron chi connectivity index (χ0n) is 14.3. The third kappa shape index (κ3) is 2.74. The van der Waals surface area contributed by atoms with Crippen LogP contribution in [-0.4, -0.2) is 39.7 Å². The van der Waals surface area contributed by atoms with E-state index in [4.69, 9.17) is 0 Å². The molecular weight excluding hydrogens is 304 g/mol. The van der Waals surface area contributed by atoms with Crippen LogP contribution in [0, 0.1) is 11.3 Å². The van der Waals surface area contributed by atoms with Crippen molar-refractivity contribution in [2.24, 2.45) is 7.05 Å². The summed E-state index contributed by atoms with van der Waals surface area (Å²) in [6.07, 6.45) is 1.95. The molecule has 0 spiro atoms. The van der Waals surface area contributed by atoms with E-state index < -0.39 is 0 Å². The van der Waals surface area contributed by atoms with Crippen molar-refractivity contribution in [1.82, 2.24) is 19.9 Å². The summed E-state index contributed by atoms with van der Waals surface area (Å²) in [5, 5.41) is 12.7. The molecule has 0 saturated carbocycles. The predicted octanol–water partition coefficient (Wildman–Crippen LogP) is 1.17. The number of rotatable bonds is 3. The summed E-state index contributed by atoms with van der Waals surface area (Å²) in [6, 6.07) is 6.08. The summed E-state index contributed by atoms with van der Waals surface area (Å²) >= 11 is 0. The van der Waals surface area contributed by atoms with E-state index in [9.17, 15) is 10.1 Å². The van der Waals surface area contributed by atoms with E-state index in [-0.39, 0.29) is 11.7 Å². The Morgan fingerprint density at radius 1 is 1.33 bits per heavy atom. The molecule has 0 bridgehead atoms. The Kier molecular flexibility index (Phi) is 4.49. The van der Waals surface area contributed by atoms with Gasteiger partial charge in [-0.3, -0.25) is 4.57 Å². The van der Waals surface area contributed by atoms with Crippen molar-refractivity contribution in [2.75, 3.05) is 18.0 Å². The molecule has 1 aliphatic heterocycles. The first-order valence-electron chi connectivity index (χ1n) is 8.36. The maximum atomic E-state index is 12.3. The van der Waals surface area contributed by atoms with Gasteiger partial charge in [0.25, 0.3) is 0 Å². The quantitative estimate of drug-likeness (QED) is 0.911. The monoisotopic (exact) mass is 326 g/mol. The molecule has 3 heterocycles. The molecular formula is C17H22N6O. The number of aromatic nitrogens is 3. The summed E-state index contributed by atoms with van der Waals surface area (Å²) in [5.41, 5.74) is 1.35. The lowest BCUT2D eigenvalue weighted by Crippen LogP contribution is -2.57. The van der Waals surface area contributed by atoms with Crippen molar-refractivity contribution < 1.29 is 0 Å². The lowest BCUT2D eigenvalue weighted by atomic mass is 10.0. The highest BCUT2D eigenvalue weighted by molar-refractivity contribution is 5.86. The van der Waals surface area contributed by atoms with Gasteiger partial charge in [-0.15, -0.1) is 0 Å². The number of nitrogens with one attached hydrogen (secondary N) is 1. The number of hydrogen-bond acceptors (Lipinski definition) is 6. The van der Waals surface area contributed by atoms with Crippen LogP contribution in [0.25, 0.3) is 11.0 Å². The van der Waals surface area contributed by atoms with Crippen molar-refractivity contribution >= 4 is 16.9 Å². The second kappa shape index (κ2) is 6.57. The average molecular weight is 326 g/mol. The van der Waals surface area contributed by atoms with Gasteiger partial charge in [-0.25, -0.2) is 9.78 Å². The molecule has 3 rings (SSSR count). The Morgan fingerprint density at radius 3 is 2.79 bits per heavy atom. The highest BCUT2D eigenvalue weighted by Crippen LogP contribution is 2.26. The number of nitrogens with zero attached hydrogens (tertiary/aromatic N) is 5. The zero-order valence-corrected chi connectivity index (χ0v) is 14.3. The smallest absolute Gasteiger partial charge is 0.349 e. The molecule has 7 heteroatoms. The zero-order chi connectivity index (χ0) is 17.3. The molecule has 24 heavy (non-hydrogen) atoms. The lowest BCUT2D eigenvalue weighted by Gasteiger charge is -2.40. The number of pyridine rings is 1. The Labute approximate surface area is 140 Å². The van der Waals surface area contributed by atoms with E-state index in [1.165, 1.54) is 4.57 Å². The van der Waals surface area contributed by atoms with Crippen LogP contribution in [-0.2, 0) is 7.05 Å². The van der Waals surface area contributed by atoms with Gasteiger partial charge in [0, 0.05) is 32.2 Å². The maximum absolute atomic E-state index is 12.3. The highest BCUT2D eigenvalue weighted by atomic mass is 16.1. The van der Waals surface area contributed by atoms with Gasteiger partial charge in [0.2, 0.25) is 0 Å². The van der Waals surface area contributed by atoms with Crippen LogP contribution in [0.2, 0.25) is 0 Å². The van der Waals surface area contributed by atoms with Crippen LogP contribution in [0.1, 0.15) is 32.4 Å². The molecule has 1 N–H and O–H groups in total. The summed E-state index contributed by atoms with van der Waals surface area (Å²) in [5.74, 6) is 0.594. The largest absolute Gasteiger partial charge is 0.349 e. The molecule has 1 fully saturated rings. The summed E-state index contributed by atoms with van der Waals surface area (Å²) in [4.78, 5) is 23.2. The molecule has 0 aliphatic carbocycles. The number of anilines is 1. The van der Waals surface area contributed by atoms with Crippen LogP contribution >= 0.6 is 0 Å². The van der Waals surface area contributed by atoms with Crippen molar-refractivity contribution in [2.45, 2.75) is 38.8 Å². The fourth-order valence-electron chi connectivity index (χ4n) is 3.23. The number of piperazine rings is 1. The van der Waals surface area contributed by atoms with Crippen molar-refractivity contribution in [3.8, 4) is 6.07 Å². The van der Waals surface area contributed by atoms with Crippen LogP contribution in [0.4, 0.5) is 5.82 Å². The van der Waals surface area contributed by atoms with Crippen LogP contribution in [0.5, 0.6) is 0 Å². The molecule has 126 valence electrons. The number of fused-ring (bicyclic) bond motifs is 1. The topological polar surface area (TPSA) is 86.8 Å². The first kappa shape index (κ1) is 16.4. The Bertz CT molecular complexity index is 853. The lowest BCUT2D eigenvalue weighted by molar-refractivity contribution is 0.377. The maximum Gasteiger partial charge on any atom is 0.349 e. The van der Waals surface area contributed by atoms with E-state index in [0.717, 1.165) is 25.9 Å². The SMILES string of the molecule is CCC1CN(c2nc(=O)n(C)c3ccc(C#N)nc23)[C@@H](CC)CN1.